The van der Waals surface area contributed by atoms with Crippen LogP contribution in [-0.4, -0.2) is 45.9 Å². The molecule has 0 bridgehead atoms. The third-order valence-electron chi connectivity index (χ3n) is 5.16. The summed E-state index contributed by atoms with van der Waals surface area (Å²) in [5, 5.41) is 3.58. The number of thiazole rings is 1. The lowest BCUT2D eigenvalue weighted by molar-refractivity contribution is -0.130. The summed E-state index contributed by atoms with van der Waals surface area (Å²) in [5.74, 6) is 1.01. The van der Waals surface area contributed by atoms with Gasteiger partial charge in [0.25, 0.3) is 0 Å². The van der Waals surface area contributed by atoms with Gasteiger partial charge in [0.05, 0.1) is 10.7 Å². The average molecular weight is 319 g/mol. The molecule has 1 aliphatic heterocycles. The van der Waals surface area contributed by atoms with Crippen LogP contribution in [0, 0.1) is 0 Å². The quantitative estimate of drug-likeness (QED) is 0.809. The predicted octanol–water partition coefficient (Wildman–Crippen LogP) is 3.00. The fourth-order valence-electron chi connectivity index (χ4n) is 3.58. The van der Waals surface area contributed by atoms with E-state index in [0.717, 1.165) is 25.6 Å². The van der Waals surface area contributed by atoms with Gasteiger partial charge in [0.2, 0.25) is 5.91 Å². The standard InChI is InChI=1S/C17H25N3OS/c1-12(21)20(15-6-7-15)10-16-3-2-8-19(16)9-14-11-22-17(18-14)13-4-5-13/h11,13,15-16H,2-10H2,1H3/t16-/m0/s1. The Morgan fingerprint density at radius 2 is 2.18 bits per heavy atom. The Bertz CT molecular complexity index is 550. The van der Waals surface area contributed by atoms with Gasteiger partial charge in [0.15, 0.2) is 0 Å². The molecule has 0 N–H and O–H groups in total. The van der Waals surface area contributed by atoms with Crippen LogP contribution in [0.1, 0.15) is 62.1 Å². The predicted molar refractivity (Wildman–Crippen MR) is 87.9 cm³/mol. The van der Waals surface area contributed by atoms with Gasteiger partial charge in [-0.2, -0.15) is 0 Å². The molecule has 1 saturated heterocycles. The number of amides is 1. The van der Waals surface area contributed by atoms with Gasteiger partial charge in [-0.1, -0.05) is 0 Å². The summed E-state index contributed by atoms with van der Waals surface area (Å²) in [5.41, 5.74) is 1.24. The van der Waals surface area contributed by atoms with E-state index in [-0.39, 0.29) is 5.91 Å². The van der Waals surface area contributed by atoms with Crippen LogP contribution in [0.5, 0.6) is 0 Å². The van der Waals surface area contributed by atoms with Crippen molar-refractivity contribution in [1.29, 1.82) is 0 Å². The SMILES string of the molecule is CC(=O)N(C[C@@H]1CCCN1Cc1csc(C2CC2)n1)C1CC1. The molecule has 2 aliphatic carbocycles. The molecule has 0 aromatic carbocycles. The van der Waals surface area contributed by atoms with Crippen molar-refractivity contribution >= 4 is 17.2 Å². The number of aromatic nitrogens is 1. The molecule has 120 valence electrons. The monoisotopic (exact) mass is 319 g/mol. The number of carbonyl (C=O) groups excluding carboxylic acids is 1. The molecule has 4 nitrogen and oxygen atoms in total. The van der Waals surface area contributed by atoms with E-state index in [1.165, 1.54) is 49.2 Å². The Balaban J connectivity index is 1.38. The molecule has 4 rings (SSSR count). The van der Waals surface area contributed by atoms with Crippen molar-refractivity contribution in [2.24, 2.45) is 0 Å². The molecule has 0 unspecified atom stereocenters. The second-order valence-electron chi connectivity index (χ2n) is 7.12. The third kappa shape index (κ3) is 3.20. The maximum Gasteiger partial charge on any atom is 0.219 e. The van der Waals surface area contributed by atoms with E-state index in [0.29, 0.717) is 12.1 Å². The molecular formula is C17H25N3OS. The second-order valence-corrected chi connectivity index (χ2v) is 8.01. The first-order chi connectivity index (χ1) is 10.7. The van der Waals surface area contributed by atoms with Crippen LogP contribution in [0.4, 0.5) is 0 Å². The van der Waals surface area contributed by atoms with Gasteiger partial charge >= 0.3 is 0 Å². The van der Waals surface area contributed by atoms with Crippen molar-refractivity contribution in [2.45, 2.75) is 70.0 Å². The Labute approximate surface area is 136 Å². The van der Waals surface area contributed by atoms with E-state index in [9.17, 15) is 4.79 Å². The minimum Gasteiger partial charge on any atom is -0.338 e. The molecule has 1 amide bonds. The van der Waals surface area contributed by atoms with Gasteiger partial charge in [-0.25, -0.2) is 4.98 Å². The van der Waals surface area contributed by atoms with E-state index in [1.807, 2.05) is 11.3 Å². The van der Waals surface area contributed by atoms with Crippen molar-refractivity contribution in [3.05, 3.63) is 16.1 Å². The lowest BCUT2D eigenvalue weighted by Gasteiger charge is -2.30. The molecule has 1 aromatic rings. The first-order valence-electron chi connectivity index (χ1n) is 8.66. The van der Waals surface area contributed by atoms with Crippen LogP contribution in [0.3, 0.4) is 0 Å². The van der Waals surface area contributed by atoms with Crippen LogP contribution in [-0.2, 0) is 11.3 Å². The molecule has 5 heteroatoms. The van der Waals surface area contributed by atoms with Crippen molar-refractivity contribution < 1.29 is 4.79 Å². The van der Waals surface area contributed by atoms with E-state index in [4.69, 9.17) is 4.98 Å². The Kier molecular flexibility index (Phi) is 3.95. The number of carbonyl (C=O) groups is 1. The Morgan fingerprint density at radius 1 is 1.36 bits per heavy atom. The Morgan fingerprint density at radius 3 is 2.86 bits per heavy atom. The highest BCUT2D eigenvalue weighted by Gasteiger charge is 2.35. The molecule has 1 aromatic heterocycles. The fraction of sp³-hybridized carbons (Fsp3) is 0.765. The van der Waals surface area contributed by atoms with Crippen molar-refractivity contribution in [2.75, 3.05) is 13.1 Å². The number of rotatable bonds is 6. The smallest absolute Gasteiger partial charge is 0.219 e. The van der Waals surface area contributed by atoms with E-state index in [2.05, 4.69) is 15.2 Å². The van der Waals surface area contributed by atoms with Crippen molar-refractivity contribution in [3.63, 3.8) is 0 Å². The van der Waals surface area contributed by atoms with Gasteiger partial charge < -0.3 is 4.90 Å². The third-order valence-corrected chi connectivity index (χ3v) is 6.22. The van der Waals surface area contributed by atoms with Gasteiger partial charge in [-0.15, -0.1) is 11.3 Å². The summed E-state index contributed by atoms with van der Waals surface area (Å²) >= 11 is 1.84. The van der Waals surface area contributed by atoms with Crippen LogP contribution in [0.15, 0.2) is 5.38 Å². The van der Waals surface area contributed by atoms with Crippen molar-refractivity contribution in [3.8, 4) is 0 Å². The van der Waals surface area contributed by atoms with Gasteiger partial charge in [0.1, 0.15) is 0 Å². The first kappa shape index (κ1) is 14.6. The summed E-state index contributed by atoms with van der Waals surface area (Å²) in [6.07, 6.45) is 7.52. The number of likely N-dealkylation sites (tertiary alicyclic amines) is 1. The summed E-state index contributed by atoms with van der Waals surface area (Å²) in [7, 11) is 0. The highest BCUT2D eigenvalue weighted by Crippen LogP contribution is 2.41. The summed E-state index contributed by atoms with van der Waals surface area (Å²) < 4.78 is 0. The van der Waals surface area contributed by atoms with E-state index < -0.39 is 0 Å². The van der Waals surface area contributed by atoms with Gasteiger partial charge in [-0.05, 0) is 45.1 Å². The number of hydrogen-bond acceptors (Lipinski definition) is 4. The summed E-state index contributed by atoms with van der Waals surface area (Å²) in [6, 6.07) is 1.05. The number of nitrogens with zero attached hydrogens (tertiary/aromatic N) is 3. The van der Waals surface area contributed by atoms with Gasteiger partial charge in [-0.3, -0.25) is 9.69 Å². The van der Waals surface area contributed by atoms with Crippen LogP contribution >= 0.6 is 11.3 Å². The summed E-state index contributed by atoms with van der Waals surface area (Å²) in [4.78, 5) is 21.3. The minimum atomic E-state index is 0.249. The maximum atomic E-state index is 11.9. The number of hydrogen-bond donors (Lipinski definition) is 0. The lowest BCUT2D eigenvalue weighted by Crippen LogP contribution is -2.43. The van der Waals surface area contributed by atoms with Crippen molar-refractivity contribution in [1.82, 2.24) is 14.8 Å². The first-order valence-corrected chi connectivity index (χ1v) is 9.54. The molecule has 2 heterocycles. The Hall–Kier alpha value is -0.940. The fourth-order valence-corrected chi connectivity index (χ4v) is 4.56. The van der Waals surface area contributed by atoms with Crippen LogP contribution in [0.25, 0.3) is 0 Å². The molecule has 3 aliphatic rings. The summed E-state index contributed by atoms with van der Waals surface area (Å²) in [6.45, 7) is 4.75. The molecule has 22 heavy (non-hydrogen) atoms. The largest absolute Gasteiger partial charge is 0.338 e. The van der Waals surface area contributed by atoms with E-state index >= 15 is 0 Å². The van der Waals surface area contributed by atoms with Gasteiger partial charge in [0, 0.05) is 43.4 Å². The topological polar surface area (TPSA) is 36.4 Å². The zero-order chi connectivity index (χ0) is 15.1. The highest BCUT2D eigenvalue weighted by atomic mass is 32.1. The molecule has 1 atom stereocenters. The minimum absolute atomic E-state index is 0.249. The molecule has 0 radical (unpaired) electrons. The zero-order valence-electron chi connectivity index (χ0n) is 13.3. The molecule has 0 spiro atoms. The normalized spacial score (nSPS) is 25.6. The highest BCUT2D eigenvalue weighted by molar-refractivity contribution is 7.09. The van der Waals surface area contributed by atoms with E-state index in [1.54, 1.807) is 6.92 Å². The average Bonchev–Trinajstić information content (AvgIpc) is 3.42. The lowest BCUT2D eigenvalue weighted by atomic mass is 10.2. The molecule has 3 fully saturated rings. The zero-order valence-corrected chi connectivity index (χ0v) is 14.1. The molecular weight excluding hydrogens is 294 g/mol. The molecule has 2 saturated carbocycles. The van der Waals surface area contributed by atoms with Crippen LogP contribution < -0.4 is 0 Å². The maximum absolute atomic E-state index is 11.9. The second kappa shape index (κ2) is 5.93. The van der Waals surface area contributed by atoms with Crippen LogP contribution in [0.2, 0.25) is 0 Å².